The maximum Gasteiger partial charge on any atom is 0.416 e. The molecule has 0 bridgehead atoms. The predicted molar refractivity (Wildman–Crippen MR) is 104 cm³/mol. The van der Waals surface area contributed by atoms with Crippen LogP contribution < -0.4 is 20.7 Å². The van der Waals surface area contributed by atoms with Crippen molar-refractivity contribution in [2.24, 2.45) is 5.73 Å². The highest BCUT2D eigenvalue weighted by molar-refractivity contribution is 5.90. The number of nitrogens with one attached hydrogen (secondary N) is 1. The van der Waals surface area contributed by atoms with E-state index in [0.29, 0.717) is 41.7 Å². The van der Waals surface area contributed by atoms with Gasteiger partial charge in [0.15, 0.2) is 5.82 Å². The van der Waals surface area contributed by atoms with E-state index in [0.717, 1.165) is 4.90 Å². The minimum absolute atomic E-state index is 0.148. The molecule has 1 aromatic carbocycles. The van der Waals surface area contributed by atoms with Gasteiger partial charge in [0.05, 0.1) is 17.8 Å². The van der Waals surface area contributed by atoms with Crippen molar-refractivity contribution < 1.29 is 27.8 Å². The van der Waals surface area contributed by atoms with Crippen molar-refractivity contribution in [3.8, 4) is 17.1 Å². The molecule has 1 saturated heterocycles. The molecule has 1 fully saturated rings. The normalized spacial score (nSPS) is 18.9. The first-order chi connectivity index (χ1) is 14.3. The number of nitrogens with two attached hydrogens (primary N) is 1. The molecule has 3 heterocycles. The van der Waals surface area contributed by atoms with E-state index in [1.54, 1.807) is 32.0 Å². The van der Waals surface area contributed by atoms with Crippen LogP contribution in [-0.4, -0.2) is 53.3 Å². The first-order valence-electron chi connectivity index (χ1n) is 9.42. The molecule has 0 spiro atoms. The number of hydrogen-bond acceptors (Lipinski definition) is 6. The third kappa shape index (κ3) is 3.29. The molecule has 2 aliphatic heterocycles. The number of halogens is 2. The van der Waals surface area contributed by atoms with Gasteiger partial charge in [0, 0.05) is 11.8 Å². The second-order valence-electron chi connectivity index (χ2n) is 7.17. The van der Waals surface area contributed by atoms with Crippen molar-refractivity contribution in [3.05, 3.63) is 23.9 Å². The molecule has 0 radical (unpaired) electrons. The summed E-state index contributed by atoms with van der Waals surface area (Å²) in [4.78, 5) is 28.9. The Bertz CT molecular complexity index is 1010. The summed E-state index contributed by atoms with van der Waals surface area (Å²) in [5.74, 6) is 0.668. The minimum Gasteiger partial charge on any atom is -0.491 e. The van der Waals surface area contributed by atoms with Crippen LogP contribution in [0.2, 0.25) is 0 Å². The molecule has 160 valence electrons. The predicted octanol–water partition coefficient (Wildman–Crippen LogP) is 2.13. The number of fused-ring (bicyclic) bond motifs is 3. The van der Waals surface area contributed by atoms with Crippen molar-refractivity contribution in [2.45, 2.75) is 38.9 Å². The number of primary amides is 1. The highest BCUT2D eigenvalue weighted by Crippen LogP contribution is 2.38. The lowest BCUT2D eigenvalue weighted by Crippen LogP contribution is -2.39. The lowest BCUT2D eigenvalue weighted by Gasteiger charge is -2.19. The molecule has 2 amide bonds. The second kappa shape index (κ2) is 7.47. The number of ether oxygens (including phenoxy) is 2. The zero-order valence-corrected chi connectivity index (χ0v) is 16.4. The van der Waals surface area contributed by atoms with Gasteiger partial charge in [0.1, 0.15) is 36.9 Å². The highest BCUT2D eigenvalue weighted by Gasteiger charge is 2.43. The Morgan fingerprint density at radius 2 is 2.13 bits per heavy atom. The van der Waals surface area contributed by atoms with E-state index in [2.05, 4.69) is 10.3 Å². The van der Waals surface area contributed by atoms with Crippen LogP contribution in [0.5, 0.6) is 5.75 Å². The lowest BCUT2D eigenvalue weighted by molar-refractivity contribution is -0.118. The number of carbonyl (C=O) groups is 2. The van der Waals surface area contributed by atoms with Crippen molar-refractivity contribution >= 4 is 23.5 Å². The number of aromatic nitrogens is 2. The van der Waals surface area contributed by atoms with Crippen LogP contribution in [0.15, 0.2) is 18.2 Å². The molecule has 30 heavy (non-hydrogen) atoms. The molecular formula is C19H21F2N5O4. The number of cyclic esters (lactones) is 1. The molecule has 0 saturated carbocycles. The van der Waals surface area contributed by atoms with Gasteiger partial charge in [0.2, 0.25) is 5.91 Å². The van der Waals surface area contributed by atoms with E-state index in [4.69, 9.17) is 15.2 Å². The fraction of sp³-hybridized carbons (Fsp3) is 0.421. The maximum absolute atomic E-state index is 13.4. The largest absolute Gasteiger partial charge is 0.491 e. The van der Waals surface area contributed by atoms with Gasteiger partial charge in [-0.3, -0.25) is 4.79 Å². The van der Waals surface area contributed by atoms with Gasteiger partial charge in [-0.05, 0) is 26.0 Å². The van der Waals surface area contributed by atoms with Crippen molar-refractivity contribution in [3.63, 3.8) is 0 Å². The third-order valence-electron chi connectivity index (χ3n) is 5.23. The summed E-state index contributed by atoms with van der Waals surface area (Å²) in [5, 5.41) is 2.99. The number of hydrogen-bond donors (Lipinski definition) is 2. The van der Waals surface area contributed by atoms with Gasteiger partial charge in [0.25, 0.3) is 6.43 Å². The molecule has 1 unspecified atom stereocenters. The number of benzene rings is 1. The number of anilines is 2. The minimum atomic E-state index is -2.76. The first kappa shape index (κ1) is 19.9. The average molecular weight is 421 g/mol. The van der Waals surface area contributed by atoms with Crippen LogP contribution >= 0.6 is 0 Å². The maximum atomic E-state index is 13.4. The second-order valence-corrected chi connectivity index (χ2v) is 7.17. The van der Waals surface area contributed by atoms with Crippen molar-refractivity contribution in [1.29, 1.82) is 0 Å². The summed E-state index contributed by atoms with van der Waals surface area (Å²) in [7, 11) is 0. The smallest absolute Gasteiger partial charge is 0.416 e. The monoisotopic (exact) mass is 421 g/mol. The number of amides is 2. The Morgan fingerprint density at radius 3 is 2.83 bits per heavy atom. The quantitative estimate of drug-likeness (QED) is 0.765. The van der Waals surface area contributed by atoms with E-state index < -0.39 is 30.5 Å². The van der Waals surface area contributed by atoms with Gasteiger partial charge in [-0.15, -0.1) is 0 Å². The third-order valence-corrected chi connectivity index (χ3v) is 5.23. The Balaban J connectivity index is 1.74. The van der Waals surface area contributed by atoms with Crippen LogP contribution in [0.3, 0.4) is 0 Å². The molecule has 2 aliphatic rings. The number of carbonyl (C=O) groups excluding carboxylic acids is 2. The number of alkyl halides is 2. The lowest BCUT2D eigenvalue weighted by atomic mass is 10.1. The number of rotatable bonds is 5. The van der Waals surface area contributed by atoms with Crippen LogP contribution in [-0.2, 0) is 16.1 Å². The summed E-state index contributed by atoms with van der Waals surface area (Å²) < 4.78 is 39.3. The van der Waals surface area contributed by atoms with Crippen LogP contribution in [0.25, 0.3) is 11.4 Å². The van der Waals surface area contributed by atoms with Crippen molar-refractivity contribution in [2.75, 3.05) is 23.4 Å². The molecule has 2 atom stereocenters. The molecule has 0 aliphatic carbocycles. The standard InChI is InChI=1S/C19H21F2N5O4/c1-9(16(22)27)23-11-3-4-12-14(7-11)29-6-5-25-10(2)17(24-18(12)25)26-13(15(20)21)8-30-19(26)28/h3-4,7,9,13,15,23H,5-6,8H2,1-2H3,(H2,22,27)/t9?,13-/m0/s1. The zero-order valence-electron chi connectivity index (χ0n) is 16.4. The Morgan fingerprint density at radius 1 is 1.37 bits per heavy atom. The van der Waals surface area contributed by atoms with Crippen LogP contribution in [0, 0.1) is 6.92 Å². The first-order valence-corrected chi connectivity index (χ1v) is 9.42. The van der Waals surface area contributed by atoms with Gasteiger partial charge < -0.3 is 25.1 Å². The summed E-state index contributed by atoms with van der Waals surface area (Å²) in [6.07, 6.45) is -3.60. The number of nitrogens with zero attached hydrogens (tertiary/aromatic N) is 3. The van der Waals surface area contributed by atoms with Gasteiger partial charge in [-0.1, -0.05) is 0 Å². The molecule has 2 aromatic rings. The van der Waals surface area contributed by atoms with E-state index in [1.165, 1.54) is 0 Å². The molecule has 9 nitrogen and oxygen atoms in total. The van der Waals surface area contributed by atoms with E-state index >= 15 is 0 Å². The van der Waals surface area contributed by atoms with Crippen LogP contribution in [0.4, 0.5) is 25.1 Å². The van der Waals surface area contributed by atoms with Crippen molar-refractivity contribution in [1.82, 2.24) is 9.55 Å². The van der Waals surface area contributed by atoms with E-state index in [9.17, 15) is 18.4 Å². The fourth-order valence-electron chi connectivity index (χ4n) is 3.58. The van der Waals surface area contributed by atoms with Gasteiger partial charge in [-0.25, -0.2) is 23.5 Å². The highest BCUT2D eigenvalue weighted by atomic mass is 19.3. The summed E-state index contributed by atoms with van der Waals surface area (Å²) in [6.45, 7) is 3.71. The average Bonchev–Trinajstić information content (AvgIpc) is 3.16. The molecule has 1 aromatic heterocycles. The van der Waals surface area contributed by atoms with Gasteiger partial charge >= 0.3 is 6.09 Å². The topological polar surface area (TPSA) is 112 Å². The fourth-order valence-corrected chi connectivity index (χ4v) is 3.58. The Labute approximate surface area is 170 Å². The van der Waals surface area contributed by atoms with E-state index in [1.807, 2.05) is 4.57 Å². The van der Waals surface area contributed by atoms with E-state index in [-0.39, 0.29) is 12.4 Å². The SMILES string of the molecule is Cc1c(N2C(=O)OC[C@H]2C(F)F)nc2n1CCOc1cc(NC(C)C(N)=O)ccc1-2. The molecule has 11 heteroatoms. The molecular weight excluding hydrogens is 400 g/mol. The summed E-state index contributed by atoms with van der Waals surface area (Å²) in [6, 6.07) is 3.27. The Hall–Kier alpha value is -3.37. The summed E-state index contributed by atoms with van der Waals surface area (Å²) in [5.41, 5.74) is 7.13. The van der Waals surface area contributed by atoms with Gasteiger partial charge in [-0.2, -0.15) is 0 Å². The Kier molecular flexibility index (Phi) is 4.96. The molecule has 3 N–H and O–H groups in total. The molecule has 4 rings (SSSR count). The summed E-state index contributed by atoms with van der Waals surface area (Å²) >= 11 is 0. The van der Waals surface area contributed by atoms with Crippen LogP contribution in [0.1, 0.15) is 12.6 Å². The number of imidazole rings is 1. The zero-order chi connectivity index (χ0) is 21.6.